The number of aromatic nitrogens is 16. The van der Waals surface area contributed by atoms with Crippen molar-refractivity contribution in [3.05, 3.63) is 11.2 Å². The van der Waals surface area contributed by atoms with Crippen LogP contribution in [-0.4, -0.2) is 83.3 Å². The number of H-pyrrole nitrogens is 4. The number of rotatable bonds is 2. The molecule has 0 radical (unpaired) electrons. The molecule has 27 heavy (non-hydrogen) atoms. The van der Waals surface area contributed by atoms with Gasteiger partial charge >= 0.3 is 19.5 Å². The average Bonchev–Trinajstić information content (AvgIpc) is 3.31. The molecule has 144 valence electrons. The molecule has 0 aromatic carbocycles. The quantitative estimate of drug-likeness (QED) is 0.165. The normalized spacial score (nSPS) is 9.93. The van der Waals surface area contributed by atoms with E-state index < -0.39 is 0 Å². The predicted octanol–water partition coefficient (Wildman–Crippen LogP) is -8.48. The Morgan fingerprint density at radius 2 is 1.04 bits per heavy atom. The van der Waals surface area contributed by atoms with Gasteiger partial charge < -0.3 is 32.1 Å². The first-order valence-corrected chi connectivity index (χ1v) is 5.28. The first-order chi connectivity index (χ1) is 10.9. The molecule has 0 bridgehead atoms. The van der Waals surface area contributed by atoms with Gasteiger partial charge in [0.1, 0.15) is 11.2 Å². The number of hydrogen-bond acceptors (Lipinski definition) is 12. The SMILES string of the molecule is N(/c1nnn[nH]1)=c1/[n-]nn[nH]1.N(/c1nnn[nH]1)=c1/[n-]nn[nH]1.O.O.[OH3+].[OH3+].[Zn+2]. The van der Waals surface area contributed by atoms with Gasteiger partial charge in [0.05, 0.1) is 0 Å². The minimum absolute atomic E-state index is 0. The van der Waals surface area contributed by atoms with E-state index in [0.717, 1.165) is 0 Å². The third-order valence-corrected chi connectivity index (χ3v) is 1.76. The molecule has 23 heteroatoms. The number of nitrogens with zero attached hydrogens (tertiary/aromatic N) is 14. The second-order valence-corrected chi connectivity index (χ2v) is 3.12. The minimum atomic E-state index is 0. The van der Waals surface area contributed by atoms with Gasteiger partial charge in [0, 0.05) is 0 Å². The molecule has 22 nitrogen and oxygen atoms in total. The van der Waals surface area contributed by atoms with Gasteiger partial charge in [-0.05, 0) is 20.9 Å². The first-order valence-electron chi connectivity index (χ1n) is 5.28. The maximum Gasteiger partial charge on any atom is 2.00 e. The largest absolute Gasteiger partial charge is 2.00 e. The van der Waals surface area contributed by atoms with Crippen LogP contribution in [0.15, 0.2) is 9.98 Å². The van der Waals surface area contributed by atoms with E-state index >= 15 is 0 Å². The molecule has 0 saturated heterocycles. The summed E-state index contributed by atoms with van der Waals surface area (Å²) in [6.45, 7) is 0. The minimum Gasteiger partial charge on any atom is -0.457 e. The van der Waals surface area contributed by atoms with Crippen molar-refractivity contribution in [3.63, 3.8) is 0 Å². The van der Waals surface area contributed by atoms with Crippen molar-refractivity contribution in [2.45, 2.75) is 0 Å². The molecule has 0 aliphatic carbocycles. The maximum absolute atomic E-state index is 3.78. The molecular formula is C4H14N18O4Zn+2. The van der Waals surface area contributed by atoms with Crippen LogP contribution < -0.4 is 21.4 Å². The van der Waals surface area contributed by atoms with Crippen LogP contribution in [0.5, 0.6) is 0 Å². The Morgan fingerprint density at radius 1 is 0.630 bits per heavy atom. The van der Waals surface area contributed by atoms with Gasteiger partial charge in [0.25, 0.3) is 0 Å². The van der Waals surface area contributed by atoms with Crippen LogP contribution >= 0.6 is 0 Å². The smallest absolute Gasteiger partial charge is 0.457 e. The van der Waals surface area contributed by atoms with Gasteiger partial charge in [0.2, 0.25) is 11.9 Å². The molecule has 0 amide bonds. The fourth-order valence-electron chi connectivity index (χ4n) is 1.01. The fraction of sp³-hybridized carbons (Fsp3) is 0. The van der Waals surface area contributed by atoms with Gasteiger partial charge in [-0.25, -0.2) is 30.8 Å². The van der Waals surface area contributed by atoms with Crippen LogP contribution in [-0.2, 0) is 30.4 Å². The van der Waals surface area contributed by atoms with Crippen LogP contribution in [0.1, 0.15) is 0 Å². The number of aromatic amines is 4. The van der Waals surface area contributed by atoms with Gasteiger partial charge in [-0.1, -0.05) is 0 Å². The van der Waals surface area contributed by atoms with Crippen LogP contribution in [0.25, 0.3) is 0 Å². The molecule has 4 aromatic rings. The molecule has 0 aliphatic rings. The second-order valence-electron chi connectivity index (χ2n) is 3.12. The summed E-state index contributed by atoms with van der Waals surface area (Å²) in [5.41, 5.74) is 0.507. The van der Waals surface area contributed by atoms with Crippen molar-refractivity contribution in [3.8, 4) is 0 Å². The molecule has 0 fully saturated rings. The number of hydrogen-bond donors (Lipinski definition) is 4. The third-order valence-electron chi connectivity index (χ3n) is 1.76. The van der Waals surface area contributed by atoms with Crippen molar-refractivity contribution in [2.24, 2.45) is 9.98 Å². The van der Waals surface area contributed by atoms with Gasteiger partial charge in [-0.2, -0.15) is 0 Å². The van der Waals surface area contributed by atoms with Crippen molar-refractivity contribution >= 4 is 11.9 Å². The molecular weight excluding hydrogens is 430 g/mol. The summed E-state index contributed by atoms with van der Waals surface area (Å²) in [7, 11) is 0. The Morgan fingerprint density at radius 3 is 1.30 bits per heavy atom. The van der Waals surface area contributed by atoms with E-state index in [4.69, 9.17) is 0 Å². The molecule has 0 unspecified atom stereocenters. The predicted molar refractivity (Wildman–Crippen MR) is 75.2 cm³/mol. The van der Waals surface area contributed by atoms with Gasteiger partial charge in [0.15, 0.2) is 0 Å². The zero-order valence-corrected chi connectivity index (χ0v) is 16.1. The summed E-state index contributed by atoms with van der Waals surface area (Å²) in [4.78, 5) is 7.56. The average molecular weight is 444 g/mol. The Labute approximate surface area is 157 Å². The van der Waals surface area contributed by atoms with Crippen LogP contribution in [0.4, 0.5) is 11.9 Å². The monoisotopic (exact) mass is 442 g/mol. The third kappa shape index (κ3) is 8.84. The number of nitrogens with one attached hydrogen (secondary N) is 4. The zero-order valence-electron chi connectivity index (χ0n) is 13.1. The molecule has 0 saturated carbocycles. The summed E-state index contributed by atoms with van der Waals surface area (Å²) in [5, 5.41) is 50.1. The van der Waals surface area contributed by atoms with Crippen molar-refractivity contribution in [2.75, 3.05) is 0 Å². The summed E-state index contributed by atoms with van der Waals surface area (Å²) in [6, 6.07) is 0. The Kier molecular flexibility index (Phi) is 15.3. The first kappa shape index (κ1) is 28.2. The standard InChI is InChI=1S/2C2H2N9.4H2O.Zn/c2*3(1-4-8-9-5-1)2-6-10-11-7-2;;;;;/h2*(H2-,3,4,5,6,7,8,9,10,11);4*1H2;/q2*-1;;;;;+2/p+2. The molecule has 4 rings (SSSR count). The van der Waals surface area contributed by atoms with E-state index in [1.165, 1.54) is 0 Å². The van der Waals surface area contributed by atoms with E-state index in [1.54, 1.807) is 0 Å². The van der Waals surface area contributed by atoms with E-state index in [0.29, 0.717) is 0 Å². The zero-order chi connectivity index (χ0) is 15.0. The van der Waals surface area contributed by atoms with Crippen molar-refractivity contribution < 1.29 is 41.4 Å². The topological polar surface area (TPSA) is 374 Å². The maximum atomic E-state index is 3.78. The summed E-state index contributed by atoms with van der Waals surface area (Å²) in [6.07, 6.45) is 0. The van der Waals surface area contributed by atoms with E-state index in [2.05, 4.69) is 92.5 Å². The van der Waals surface area contributed by atoms with Crippen molar-refractivity contribution in [1.82, 2.24) is 82.5 Å². The van der Waals surface area contributed by atoms with Crippen molar-refractivity contribution in [1.29, 1.82) is 0 Å². The van der Waals surface area contributed by atoms with E-state index in [9.17, 15) is 0 Å². The molecule has 0 spiro atoms. The molecule has 14 N–H and O–H groups in total. The van der Waals surface area contributed by atoms with Gasteiger partial charge in [-0.15, -0.1) is 20.6 Å². The summed E-state index contributed by atoms with van der Waals surface area (Å²) in [5.74, 6) is 0.507. The molecule has 4 aromatic heterocycles. The fourth-order valence-corrected chi connectivity index (χ4v) is 1.01. The summed E-state index contributed by atoms with van der Waals surface area (Å²) < 4.78 is 0. The van der Waals surface area contributed by atoms with Crippen LogP contribution in [0.2, 0.25) is 0 Å². The van der Waals surface area contributed by atoms with Gasteiger partial charge in [-0.3, -0.25) is 9.98 Å². The second kappa shape index (κ2) is 14.7. The summed E-state index contributed by atoms with van der Waals surface area (Å²) >= 11 is 0. The molecule has 4 heterocycles. The molecule has 0 aliphatic heterocycles. The Bertz CT molecular complexity index is 790. The van der Waals surface area contributed by atoms with Crippen LogP contribution in [0.3, 0.4) is 0 Å². The van der Waals surface area contributed by atoms with E-state index in [1.807, 2.05) is 0 Å². The Balaban J connectivity index is -0.000000360. The molecule has 0 atom stereocenters. The number of tetrazole rings is 4. The Hall–Kier alpha value is -3.66. The van der Waals surface area contributed by atoms with E-state index in [-0.39, 0.29) is 64.5 Å². The van der Waals surface area contributed by atoms with Crippen LogP contribution in [0, 0.1) is 0 Å².